The lowest BCUT2D eigenvalue weighted by Gasteiger charge is -2.14. The van der Waals surface area contributed by atoms with Gasteiger partial charge in [0.25, 0.3) is 0 Å². The van der Waals surface area contributed by atoms with Gasteiger partial charge in [0, 0.05) is 25.3 Å². The van der Waals surface area contributed by atoms with Gasteiger partial charge in [-0.3, -0.25) is 4.79 Å². The van der Waals surface area contributed by atoms with Crippen molar-refractivity contribution in [3.05, 3.63) is 29.8 Å². The van der Waals surface area contributed by atoms with E-state index in [0.717, 1.165) is 25.2 Å². The second kappa shape index (κ2) is 7.99. The Morgan fingerprint density at radius 2 is 2.05 bits per heavy atom. The summed E-state index contributed by atoms with van der Waals surface area (Å²) < 4.78 is 36.5. The quantitative estimate of drug-likeness (QED) is 0.759. The van der Waals surface area contributed by atoms with Gasteiger partial charge in [-0.1, -0.05) is 19.1 Å². The molecule has 1 aromatic carbocycles. The van der Waals surface area contributed by atoms with E-state index in [1.54, 1.807) is 12.1 Å². The maximum Gasteiger partial charge on any atom is 0.471 e. The molecule has 7 heteroatoms. The summed E-state index contributed by atoms with van der Waals surface area (Å²) in [6.07, 6.45) is -4.88. The molecule has 0 aliphatic heterocycles. The summed E-state index contributed by atoms with van der Waals surface area (Å²) in [5.41, 5.74) is 0.955. The van der Waals surface area contributed by atoms with Crippen LogP contribution in [0.1, 0.15) is 12.5 Å². The van der Waals surface area contributed by atoms with E-state index in [-0.39, 0.29) is 5.69 Å². The first-order chi connectivity index (χ1) is 9.82. The first-order valence-corrected chi connectivity index (χ1v) is 6.69. The molecule has 0 heterocycles. The van der Waals surface area contributed by atoms with Crippen LogP contribution in [0.4, 0.5) is 18.9 Å². The number of nitrogens with zero attached hydrogens (tertiary/aromatic N) is 1. The number of carbonyl (C=O) groups excluding carboxylic acids is 1. The highest BCUT2D eigenvalue weighted by Crippen LogP contribution is 2.18. The van der Waals surface area contributed by atoms with Crippen LogP contribution >= 0.6 is 0 Å². The Kier molecular flexibility index (Phi) is 6.64. The number of hydrogen-bond donors (Lipinski definition) is 2. The standard InChI is InChI=1S/C14H20F3N3O/c1-3-20(2)8-7-18-10-11-5-4-6-12(9-11)19-13(21)14(15,16)17/h4-6,9,18H,3,7-8,10H2,1-2H3,(H,19,21). The summed E-state index contributed by atoms with van der Waals surface area (Å²) in [5.74, 6) is -1.96. The van der Waals surface area contributed by atoms with Gasteiger partial charge in [0.2, 0.25) is 0 Å². The number of nitrogens with one attached hydrogen (secondary N) is 2. The van der Waals surface area contributed by atoms with Gasteiger partial charge < -0.3 is 15.5 Å². The number of amides is 1. The zero-order chi connectivity index (χ0) is 15.9. The average molecular weight is 303 g/mol. The second-order valence-corrected chi connectivity index (χ2v) is 4.72. The molecule has 118 valence electrons. The molecule has 0 atom stereocenters. The van der Waals surface area contributed by atoms with Crippen molar-refractivity contribution in [2.75, 3.05) is 32.0 Å². The minimum absolute atomic E-state index is 0.141. The number of hydrogen-bond acceptors (Lipinski definition) is 3. The second-order valence-electron chi connectivity index (χ2n) is 4.72. The third-order valence-corrected chi connectivity index (χ3v) is 2.98. The first-order valence-electron chi connectivity index (χ1n) is 6.69. The highest BCUT2D eigenvalue weighted by molar-refractivity contribution is 5.94. The highest BCUT2D eigenvalue weighted by atomic mass is 19.4. The molecule has 0 bridgehead atoms. The third kappa shape index (κ3) is 6.59. The SMILES string of the molecule is CCN(C)CCNCc1cccc(NC(=O)C(F)(F)F)c1. The average Bonchev–Trinajstić information content (AvgIpc) is 2.42. The summed E-state index contributed by atoms with van der Waals surface area (Å²) in [5, 5.41) is 5.04. The van der Waals surface area contributed by atoms with Gasteiger partial charge in [-0.2, -0.15) is 13.2 Å². The monoisotopic (exact) mass is 303 g/mol. The van der Waals surface area contributed by atoms with Gasteiger partial charge >= 0.3 is 12.1 Å². The fourth-order valence-electron chi connectivity index (χ4n) is 1.62. The maximum absolute atomic E-state index is 12.2. The Labute approximate surface area is 122 Å². The van der Waals surface area contributed by atoms with E-state index in [1.165, 1.54) is 12.1 Å². The number of carbonyl (C=O) groups is 1. The van der Waals surface area contributed by atoms with Crippen molar-refractivity contribution in [2.24, 2.45) is 0 Å². The topological polar surface area (TPSA) is 44.4 Å². The van der Waals surface area contributed by atoms with Crippen LogP contribution in [0.15, 0.2) is 24.3 Å². The van der Waals surface area contributed by atoms with Crippen LogP contribution in [0.25, 0.3) is 0 Å². The lowest BCUT2D eigenvalue weighted by atomic mass is 10.2. The molecule has 0 fully saturated rings. The van der Waals surface area contributed by atoms with Crippen LogP contribution in [0, 0.1) is 0 Å². The molecule has 0 unspecified atom stereocenters. The molecular weight excluding hydrogens is 283 g/mol. The van der Waals surface area contributed by atoms with Gasteiger partial charge in [0.15, 0.2) is 0 Å². The van der Waals surface area contributed by atoms with E-state index >= 15 is 0 Å². The van der Waals surface area contributed by atoms with Crippen molar-refractivity contribution < 1.29 is 18.0 Å². The Morgan fingerprint density at radius 3 is 2.67 bits per heavy atom. The third-order valence-electron chi connectivity index (χ3n) is 2.98. The number of alkyl halides is 3. The highest BCUT2D eigenvalue weighted by Gasteiger charge is 2.38. The van der Waals surface area contributed by atoms with Crippen molar-refractivity contribution in [3.63, 3.8) is 0 Å². The largest absolute Gasteiger partial charge is 0.471 e. The first kappa shape index (κ1) is 17.5. The van der Waals surface area contributed by atoms with Crippen LogP contribution in [-0.2, 0) is 11.3 Å². The summed E-state index contributed by atoms with van der Waals surface area (Å²) in [4.78, 5) is 13.0. The molecule has 0 aliphatic carbocycles. The van der Waals surface area contributed by atoms with Gasteiger partial charge in [-0.05, 0) is 31.3 Å². The molecular formula is C14H20F3N3O. The van der Waals surface area contributed by atoms with E-state index in [9.17, 15) is 18.0 Å². The van der Waals surface area contributed by atoms with Gasteiger partial charge in [-0.25, -0.2) is 0 Å². The van der Waals surface area contributed by atoms with Crippen molar-refractivity contribution in [3.8, 4) is 0 Å². The summed E-state index contributed by atoms with van der Waals surface area (Å²) >= 11 is 0. The summed E-state index contributed by atoms with van der Waals surface area (Å²) in [6.45, 7) is 5.23. The molecule has 0 aliphatic rings. The molecule has 1 amide bonds. The van der Waals surface area contributed by atoms with Crippen LogP contribution < -0.4 is 10.6 Å². The number of halogens is 3. The van der Waals surface area contributed by atoms with E-state index in [1.807, 2.05) is 12.4 Å². The molecule has 1 aromatic rings. The fourth-order valence-corrected chi connectivity index (χ4v) is 1.62. The molecule has 0 spiro atoms. The Bertz CT molecular complexity index is 463. The number of benzene rings is 1. The lowest BCUT2D eigenvalue weighted by Crippen LogP contribution is -2.30. The van der Waals surface area contributed by atoms with E-state index in [2.05, 4.69) is 17.1 Å². The summed E-state index contributed by atoms with van der Waals surface area (Å²) in [6, 6.07) is 6.36. The van der Waals surface area contributed by atoms with Crippen molar-refractivity contribution in [1.82, 2.24) is 10.2 Å². The van der Waals surface area contributed by atoms with Crippen LogP contribution in [-0.4, -0.2) is 43.7 Å². The number of likely N-dealkylation sites (N-methyl/N-ethyl adjacent to an activating group) is 1. The van der Waals surface area contributed by atoms with Crippen LogP contribution in [0.3, 0.4) is 0 Å². The molecule has 1 rings (SSSR count). The van der Waals surface area contributed by atoms with Gasteiger partial charge in [-0.15, -0.1) is 0 Å². The Balaban J connectivity index is 2.47. The lowest BCUT2D eigenvalue weighted by molar-refractivity contribution is -0.167. The summed E-state index contributed by atoms with van der Waals surface area (Å²) in [7, 11) is 2.01. The predicted octanol–water partition coefficient (Wildman–Crippen LogP) is 2.23. The van der Waals surface area contributed by atoms with Crippen LogP contribution in [0.2, 0.25) is 0 Å². The molecule has 0 saturated carbocycles. The molecule has 2 N–H and O–H groups in total. The van der Waals surface area contributed by atoms with E-state index in [4.69, 9.17) is 0 Å². The molecule has 0 saturated heterocycles. The maximum atomic E-state index is 12.2. The Morgan fingerprint density at radius 1 is 1.33 bits per heavy atom. The minimum Gasteiger partial charge on any atom is -0.318 e. The van der Waals surface area contributed by atoms with Crippen LogP contribution in [0.5, 0.6) is 0 Å². The molecule has 4 nitrogen and oxygen atoms in total. The van der Waals surface area contributed by atoms with Crippen molar-refractivity contribution in [2.45, 2.75) is 19.6 Å². The van der Waals surface area contributed by atoms with Gasteiger partial charge in [0.1, 0.15) is 0 Å². The zero-order valence-corrected chi connectivity index (χ0v) is 12.1. The number of anilines is 1. The van der Waals surface area contributed by atoms with Crippen molar-refractivity contribution >= 4 is 11.6 Å². The molecule has 0 aromatic heterocycles. The predicted molar refractivity (Wildman–Crippen MR) is 76.0 cm³/mol. The van der Waals surface area contributed by atoms with E-state index < -0.39 is 12.1 Å². The normalized spacial score (nSPS) is 11.7. The fraction of sp³-hybridized carbons (Fsp3) is 0.500. The Hall–Kier alpha value is -1.60. The number of rotatable bonds is 7. The van der Waals surface area contributed by atoms with Crippen molar-refractivity contribution in [1.29, 1.82) is 0 Å². The van der Waals surface area contributed by atoms with Gasteiger partial charge in [0.05, 0.1) is 0 Å². The smallest absolute Gasteiger partial charge is 0.318 e. The molecule has 21 heavy (non-hydrogen) atoms. The molecule has 0 radical (unpaired) electrons. The minimum atomic E-state index is -4.88. The zero-order valence-electron chi connectivity index (χ0n) is 12.1. The van der Waals surface area contributed by atoms with E-state index in [0.29, 0.717) is 6.54 Å².